The first-order valence-electron chi connectivity index (χ1n) is 5.70. The predicted octanol–water partition coefficient (Wildman–Crippen LogP) is 2.90. The molecule has 3 rings (SSSR count). The number of benzene rings is 1. The molecule has 1 N–H and O–H groups in total. The van der Waals surface area contributed by atoms with Crippen LogP contribution in [0.15, 0.2) is 41.1 Å². The van der Waals surface area contributed by atoms with Gasteiger partial charge >= 0.3 is 5.97 Å². The minimum absolute atomic E-state index is 0.169. The summed E-state index contributed by atoms with van der Waals surface area (Å²) >= 11 is 0. The van der Waals surface area contributed by atoms with Crippen molar-refractivity contribution >= 4 is 16.7 Å². The van der Waals surface area contributed by atoms with E-state index in [0.29, 0.717) is 5.69 Å². The summed E-state index contributed by atoms with van der Waals surface area (Å²) in [5.74, 6) is -1.30. The van der Waals surface area contributed by atoms with Gasteiger partial charge in [-0.05, 0) is 24.4 Å². The summed E-state index contributed by atoms with van der Waals surface area (Å²) in [5.41, 5.74) is 2.25. The topological polar surface area (TPSA) is 76.2 Å². The SMILES string of the molecule is Cc1cc2ccc(-c3cc(C(=O)O)on3)cc2cn1. The van der Waals surface area contributed by atoms with Gasteiger partial charge in [0.05, 0.1) is 0 Å². The highest BCUT2D eigenvalue weighted by Crippen LogP contribution is 2.24. The number of fused-ring (bicyclic) bond motifs is 1. The van der Waals surface area contributed by atoms with E-state index >= 15 is 0 Å². The van der Waals surface area contributed by atoms with Crippen molar-refractivity contribution in [3.63, 3.8) is 0 Å². The monoisotopic (exact) mass is 254 g/mol. The van der Waals surface area contributed by atoms with Crippen LogP contribution in [0.25, 0.3) is 22.0 Å². The molecule has 1 aromatic carbocycles. The van der Waals surface area contributed by atoms with Crippen LogP contribution >= 0.6 is 0 Å². The molecular weight excluding hydrogens is 244 g/mol. The van der Waals surface area contributed by atoms with Gasteiger partial charge in [0.2, 0.25) is 5.76 Å². The average molecular weight is 254 g/mol. The second-order valence-electron chi connectivity index (χ2n) is 4.27. The smallest absolute Gasteiger partial charge is 0.374 e. The second kappa shape index (κ2) is 4.20. The van der Waals surface area contributed by atoms with Gasteiger partial charge < -0.3 is 9.63 Å². The van der Waals surface area contributed by atoms with E-state index < -0.39 is 5.97 Å². The van der Waals surface area contributed by atoms with E-state index in [9.17, 15) is 4.79 Å². The van der Waals surface area contributed by atoms with Crippen molar-refractivity contribution in [3.05, 3.63) is 48.0 Å². The number of carbonyl (C=O) groups is 1. The van der Waals surface area contributed by atoms with E-state index in [1.54, 1.807) is 6.20 Å². The first-order chi connectivity index (χ1) is 9.13. The zero-order valence-corrected chi connectivity index (χ0v) is 10.1. The zero-order valence-electron chi connectivity index (χ0n) is 10.1. The van der Waals surface area contributed by atoms with E-state index in [-0.39, 0.29) is 5.76 Å². The molecule has 0 aliphatic heterocycles. The molecule has 2 aromatic heterocycles. The summed E-state index contributed by atoms with van der Waals surface area (Å²) < 4.78 is 4.75. The van der Waals surface area contributed by atoms with Crippen molar-refractivity contribution in [2.75, 3.05) is 0 Å². The lowest BCUT2D eigenvalue weighted by molar-refractivity contribution is 0.0652. The number of pyridine rings is 1. The van der Waals surface area contributed by atoms with Gasteiger partial charge in [-0.2, -0.15) is 0 Å². The molecule has 0 amide bonds. The molecule has 0 unspecified atom stereocenters. The maximum absolute atomic E-state index is 10.8. The molecule has 0 aliphatic carbocycles. The summed E-state index contributed by atoms with van der Waals surface area (Å²) in [6, 6.07) is 9.14. The van der Waals surface area contributed by atoms with E-state index in [4.69, 9.17) is 9.63 Å². The van der Waals surface area contributed by atoms with Gasteiger partial charge in [-0.1, -0.05) is 17.3 Å². The Labute approximate surface area is 108 Å². The molecule has 0 spiro atoms. The van der Waals surface area contributed by atoms with Crippen molar-refractivity contribution in [1.82, 2.24) is 10.1 Å². The quantitative estimate of drug-likeness (QED) is 0.760. The largest absolute Gasteiger partial charge is 0.475 e. The number of hydrogen-bond donors (Lipinski definition) is 1. The molecule has 0 aliphatic rings. The second-order valence-corrected chi connectivity index (χ2v) is 4.27. The van der Waals surface area contributed by atoms with Crippen molar-refractivity contribution < 1.29 is 14.4 Å². The Morgan fingerprint density at radius 2 is 2.05 bits per heavy atom. The van der Waals surface area contributed by atoms with Crippen LogP contribution in [0, 0.1) is 6.92 Å². The third-order valence-electron chi connectivity index (χ3n) is 2.88. The van der Waals surface area contributed by atoms with E-state index in [1.807, 2.05) is 31.2 Å². The maximum atomic E-state index is 10.8. The van der Waals surface area contributed by atoms with Gasteiger partial charge in [-0.25, -0.2) is 4.79 Å². The standard InChI is InChI=1S/C14H10N2O3/c1-8-4-9-2-3-10(5-11(9)7-15-8)12-6-13(14(17)18)19-16-12/h2-7H,1H3,(H,17,18). The van der Waals surface area contributed by atoms with Crippen molar-refractivity contribution in [1.29, 1.82) is 0 Å². The fourth-order valence-electron chi connectivity index (χ4n) is 1.92. The summed E-state index contributed by atoms with van der Waals surface area (Å²) in [4.78, 5) is 15.0. The number of carboxylic acid groups (broad SMARTS) is 1. The minimum atomic E-state index is -1.13. The van der Waals surface area contributed by atoms with Crippen LogP contribution in [0.1, 0.15) is 16.2 Å². The van der Waals surface area contributed by atoms with Gasteiger partial charge in [0.1, 0.15) is 5.69 Å². The van der Waals surface area contributed by atoms with Crippen LogP contribution < -0.4 is 0 Å². The predicted molar refractivity (Wildman–Crippen MR) is 68.9 cm³/mol. The zero-order chi connectivity index (χ0) is 13.4. The normalized spacial score (nSPS) is 10.8. The lowest BCUT2D eigenvalue weighted by Crippen LogP contribution is -1.91. The number of aryl methyl sites for hydroxylation is 1. The van der Waals surface area contributed by atoms with Crippen molar-refractivity contribution in [3.8, 4) is 11.3 Å². The molecular formula is C14H10N2O3. The third-order valence-corrected chi connectivity index (χ3v) is 2.88. The first-order valence-corrected chi connectivity index (χ1v) is 5.70. The molecule has 0 saturated heterocycles. The third kappa shape index (κ3) is 2.06. The lowest BCUT2D eigenvalue weighted by atomic mass is 10.1. The highest BCUT2D eigenvalue weighted by atomic mass is 16.5. The van der Waals surface area contributed by atoms with Crippen LogP contribution in [0.4, 0.5) is 0 Å². The van der Waals surface area contributed by atoms with Gasteiger partial charge in [-0.15, -0.1) is 0 Å². The summed E-state index contributed by atoms with van der Waals surface area (Å²) in [6.45, 7) is 1.93. The Hall–Kier alpha value is -2.69. The van der Waals surface area contributed by atoms with Crippen molar-refractivity contribution in [2.24, 2.45) is 0 Å². The number of nitrogens with zero attached hydrogens (tertiary/aromatic N) is 2. The summed E-state index contributed by atoms with van der Waals surface area (Å²) in [6.07, 6.45) is 1.78. The van der Waals surface area contributed by atoms with Crippen LogP contribution in [0.3, 0.4) is 0 Å². The lowest BCUT2D eigenvalue weighted by Gasteiger charge is -2.01. The molecule has 0 saturated carbocycles. The Morgan fingerprint density at radius 3 is 2.79 bits per heavy atom. The summed E-state index contributed by atoms with van der Waals surface area (Å²) in [7, 11) is 0. The summed E-state index contributed by atoms with van der Waals surface area (Å²) in [5, 5.41) is 14.6. The number of hydrogen-bond acceptors (Lipinski definition) is 4. The average Bonchev–Trinajstić information content (AvgIpc) is 2.88. The Morgan fingerprint density at radius 1 is 1.21 bits per heavy atom. The number of aromatic carboxylic acids is 1. The highest BCUT2D eigenvalue weighted by Gasteiger charge is 2.12. The molecule has 94 valence electrons. The van der Waals surface area contributed by atoms with Crippen molar-refractivity contribution in [2.45, 2.75) is 6.92 Å². The van der Waals surface area contributed by atoms with Crippen LogP contribution in [-0.2, 0) is 0 Å². The fraction of sp³-hybridized carbons (Fsp3) is 0.0714. The van der Waals surface area contributed by atoms with E-state index in [0.717, 1.165) is 22.0 Å². The van der Waals surface area contributed by atoms with Gasteiger partial charge in [-0.3, -0.25) is 4.98 Å². The van der Waals surface area contributed by atoms with Gasteiger partial charge in [0.15, 0.2) is 0 Å². The Kier molecular flexibility index (Phi) is 2.52. The van der Waals surface area contributed by atoms with E-state index in [1.165, 1.54) is 6.07 Å². The first kappa shape index (κ1) is 11.4. The molecule has 19 heavy (non-hydrogen) atoms. The van der Waals surface area contributed by atoms with Crippen LogP contribution in [0.5, 0.6) is 0 Å². The van der Waals surface area contributed by atoms with Gasteiger partial charge in [0, 0.05) is 28.9 Å². The molecule has 0 bridgehead atoms. The molecule has 0 atom stereocenters. The van der Waals surface area contributed by atoms with Gasteiger partial charge in [0.25, 0.3) is 0 Å². The number of rotatable bonds is 2. The van der Waals surface area contributed by atoms with Crippen LogP contribution in [0.2, 0.25) is 0 Å². The molecule has 3 aromatic rings. The highest BCUT2D eigenvalue weighted by molar-refractivity contribution is 5.88. The van der Waals surface area contributed by atoms with E-state index in [2.05, 4.69) is 10.1 Å². The molecule has 5 nitrogen and oxygen atoms in total. The fourth-order valence-corrected chi connectivity index (χ4v) is 1.92. The maximum Gasteiger partial charge on any atom is 0.374 e. The number of carboxylic acids is 1. The Bertz CT molecular complexity index is 777. The molecule has 0 fully saturated rings. The molecule has 2 heterocycles. The molecule has 0 radical (unpaired) electrons. The number of aromatic nitrogens is 2. The Balaban J connectivity index is 2.09. The minimum Gasteiger partial charge on any atom is -0.475 e. The van der Waals surface area contributed by atoms with Crippen LogP contribution in [-0.4, -0.2) is 21.2 Å². The molecule has 5 heteroatoms.